The molecule has 0 unspecified atom stereocenters. The van der Waals surface area contributed by atoms with Crippen LogP contribution in [0.5, 0.6) is 0 Å². The van der Waals surface area contributed by atoms with Crippen molar-refractivity contribution >= 4 is 12.0 Å². The summed E-state index contributed by atoms with van der Waals surface area (Å²) >= 11 is 0. The fourth-order valence-electron chi connectivity index (χ4n) is 2.40. The van der Waals surface area contributed by atoms with Crippen LogP contribution in [0.4, 0.5) is 4.79 Å². The van der Waals surface area contributed by atoms with Gasteiger partial charge in [-0.25, -0.2) is 4.79 Å². The molecule has 1 fully saturated rings. The zero-order valence-corrected chi connectivity index (χ0v) is 14.9. The first-order valence-corrected chi connectivity index (χ1v) is 8.38. The minimum Gasteiger partial charge on any atom is -0.449 e. The average Bonchev–Trinajstić information content (AvgIpc) is 2.43. The first-order chi connectivity index (χ1) is 10.2. The number of rotatable bonds is 5. The predicted octanol–water partition coefficient (Wildman–Crippen LogP) is 3.14. The summed E-state index contributed by atoms with van der Waals surface area (Å²) in [6.07, 6.45) is 2.34. The number of hydrogen-bond donors (Lipinski definition) is 0. The van der Waals surface area contributed by atoms with E-state index in [4.69, 9.17) is 4.74 Å². The van der Waals surface area contributed by atoms with Gasteiger partial charge in [-0.15, -0.1) is 0 Å². The molecule has 5 heteroatoms. The second-order valence-electron chi connectivity index (χ2n) is 7.75. The number of hydrogen-bond acceptors (Lipinski definition) is 3. The lowest BCUT2D eigenvalue weighted by Crippen LogP contribution is -2.50. The zero-order chi connectivity index (χ0) is 16.8. The molecule has 1 heterocycles. The third-order valence-electron chi connectivity index (χ3n) is 3.75. The van der Waals surface area contributed by atoms with Crippen molar-refractivity contribution in [3.05, 3.63) is 0 Å². The van der Waals surface area contributed by atoms with Crippen molar-refractivity contribution in [2.24, 2.45) is 11.3 Å². The summed E-state index contributed by atoms with van der Waals surface area (Å²) in [7, 11) is 0. The van der Waals surface area contributed by atoms with Gasteiger partial charge < -0.3 is 14.5 Å². The predicted molar refractivity (Wildman–Crippen MR) is 87.6 cm³/mol. The Morgan fingerprint density at radius 1 is 1.05 bits per heavy atom. The second kappa shape index (κ2) is 8.39. The van der Waals surface area contributed by atoms with Gasteiger partial charge in [-0.05, 0) is 24.2 Å². The lowest BCUT2D eigenvalue weighted by molar-refractivity contribution is -0.133. The van der Waals surface area contributed by atoms with Gasteiger partial charge in [0.2, 0.25) is 5.91 Å². The number of carbonyl (C=O) groups excluding carboxylic acids is 2. The van der Waals surface area contributed by atoms with Crippen LogP contribution in [0.2, 0.25) is 0 Å². The van der Waals surface area contributed by atoms with Crippen LogP contribution in [-0.4, -0.2) is 54.6 Å². The molecule has 128 valence electrons. The van der Waals surface area contributed by atoms with Gasteiger partial charge in [-0.1, -0.05) is 34.6 Å². The highest BCUT2D eigenvalue weighted by Crippen LogP contribution is 2.22. The molecule has 1 aliphatic rings. The van der Waals surface area contributed by atoms with E-state index in [9.17, 15) is 9.59 Å². The third kappa shape index (κ3) is 7.14. The van der Waals surface area contributed by atoms with Crippen LogP contribution in [0.15, 0.2) is 0 Å². The first kappa shape index (κ1) is 18.8. The molecule has 0 atom stereocenters. The fourth-order valence-corrected chi connectivity index (χ4v) is 2.40. The molecule has 0 aromatic rings. The van der Waals surface area contributed by atoms with E-state index in [0.717, 1.165) is 12.8 Å². The van der Waals surface area contributed by atoms with E-state index in [1.165, 1.54) is 0 Å². The van der Waals surface area contributed by atoms with Gasteiger partial charge in [0.15, 0.2) is 0 Å². The van der Waals surface area contributed by atoms with E-state index in [0.29, 0.717) is 45.1 Å². The standard InChI is InChI=1S/C17H32N2O3/c1-14(2)13-22-16(21)19-11-9-18(10-12-19)15(20)7-6-8-17(3,4)5/h14H,6-13H2,1-5H3. The first-order valence-electron chi connectivity index (χ1n) is 8.38. The number of amides is 2. The topological polar surface area (TPSA) is 49.9 Å². The number of nitrogens with zero attached hydrogens (tertiary/aromatic N) is 2. The van der Waals surface area contributed by atoms with E-state index in [1.54, 1.807) is 4.90 Å². The second-order valence-corrected chi connectivity index (χ2v) is 7.75. The molecule has 22 heavy (non-hydrogen) atoms. The van der Waals surface area contributed by atoms with Crippen molar-refractivity contribution in [3.63, 3.8) is 0 Å². The van der Waals surface area contributed by atoms with Crippen LogP contribution in [0.1, 0.15) is 53.9 Å². The van der Waals surface area contributed by atoms with Crippen LogP contribution in [0.3, 0.4) is 0 Å². The van der Waals surface area contributed by atoms with Gasteiger partial charge >= 0.3 is 6.09 Å². The van der Waals surface area contributed by atoms with Gasteiger partial charge in [-0.3, -0.25) is 4.79 Å². The third-order valence-corrected chi connectivity index (χ3v) is 3.75. The van der Waals surface area contributed by atoms with E-state index >= 15 is 0 Å². The maximum Gasteiger partial charge on any atom is 0.409 e. The Hall–Kier alpha value is -1.26. The van der Waals surface area contributed by atoms with E-state index in [-0.39, 0.29) is 17.4 Å². The molecule has 0 saturated carbocycles. The summed E-state index contributed by atoms with van der Waals surface area (Å²) in [5, 5.41) is 0. The highest BCUT2D eigenvalue weighted by Gasteiger charge is 2.25. The molecule has 0 radical (unpaired) electrons. The quantitative estimate of drug-likeness (QED) is 0.783. The van der Waals surface area contributed by atoms with E-state index in [2.05, 4.69) is 20.8 Å². The van der Waals surface area contributed by atoms with Crippen molar-refractivity contribution in [2.75, 3.05) is 32.8 Å². The summed E-state index contributed by atoms with van der Waals surface area (Å²) in [5.41, 5.74) is 0.277. The SMILES string of the molecule is CC(C)COC(=O)N1CCN(C(=O)CCCC(C)(C)C)CC1. The molecular formula is C17H32N2O3. The Bertz CT molecular complexity index is 367. The van der Waals surface area contributed by atoms with E-state index in [1.807, 2.05) is 18.7 Å². The Kier molecular flexibility index (Phi) is 7.17. The van der Waals surface area contributed by atoms with Crippen LogP contribution < -0.4 is 0 Å². The summed E-state index contributed by atoms with van der Waals surface area (Å²) in [6.45, 7) is 13.4. The van der Waals surface area contributed by atoms with Crippen molar-refractivity contribution < 1.29 is 14.3 Å². The van der Waals surface area contributed by atoms with Crippen LogP contribution >= 0.6 is 0 Å². The van der Waals surface area contributed by atoms with Gasteiger partial charge in [0, 0.05) is 32.6 Å². The highest BCUT2D eigenvalue weighted by molar-refractivity contribution is 5.76. The smallest absolute Gasteiger partial charge is 0.409 e. The molecule has 1 rings (SSSR count). The molecule has 5 nitrogen and oxygen atoms in total. The number of piperazine rings is 1. The number of carbonyl (C=O) groups is 2. The molecule has 2 amide bonds. The molecule has 0 spiro atoms. The highest BCUT2D eigenvalue weighted by atomic mass is 16.6. The van der Waals surface area contributed by atoms with Crippen LogP contribution in [-0.2, 0) is 9.53 Å². The maximum absolute atomic E-state index is 12.2. The van der Waals surface area contributed by atoms with Crippen LogP contribution in [0.25, 0.3) is 0 Å². The average molecular weight is 312 g/mol. The minimum atomic E-state index is -0.256. The molecule has 1 saturated heterocycles. The molecule has 0 aromatic carbocycles. The largest absolute Gasteiger partial charge is 0.449 e. The van der Waals surface area contributed by atoms with Gasteiger partial charge in [0.05, 0.1) is 6.61 Å². The van der Waals surface area contributed by atoms with E-state index < -0.39 is 0 Å². The fraction of sp³-hybridized carbons (Fsp3) is 0.882. The lowest BCUT2D eigenvalue weighted by Gasteiger charge is -2.34. The van der Waals surface area contributed by atoms with Crippen molar-refractivity contribution in [2.45, 2.75) is 53.9 Å². The summed E-state index contributed by atoms with van der Waals surface area (Å²) < 4.78 is 5.22. The molecule has 0 bridgehead atoms. The van der Waals surface area contributed by atoms with Gasteiger partial charge in [0.1, 0.15) is 0 Å². The Morgan fingerprint density at radius 3 is 2.09 bits per heavy atom. The minimum absolute atomic E-state index is 0.208. The zero-order valence-electron chi connectivity index (χ0n) is 14.9. The molecule has 1 aliphatic heterocycles. The summed E-state index contributed by atoms with van der Waals surface area (Å²) in [4.78, 5) is 27.6. The van der Waals surface area contributed by atoms with Gasteiger partial charge in [-0.2, -0.15) is 0 Å². The van der Waals surface area contributed by atoms with Crippen LogP contribution in [0, 0.1) is 11.3 Å². The Balaban J connectivity index is 2.26. The van der Waals surface area contributed by atoms with Crippen molar-refractivity contribution in [1.29, 1.82) is 0 Å². The number of ether oxygens (including phenoxy) is 1. The molecule has 0 aromatic heterocycles. The van der Waals surface area contributed by atoms with Gasteiger partial charge in [0.25, 0.3) is 0 Å². The lowest BCUT2D eigenvalue weighted by atomic mass is 9.90. The Morgan fingerprint density at radius 2 is 1.59 bits per heavy atom. The summed E-state index contributed by atoms with van der Waals surface area (Å²) in [6, 6.07) is 0. The summed E-state index contributed by atoms with van der Waals surface area (Å²) in [5.74, 6) is 0.550. The normalized spacial score (nSPS) is 16.1. The van der Waals surface area contributed by atoms with Crippen molar-refractivity contribution in [3.8, 4) is 0 Å². The van der Waals surface area contributed by atoms with Crippen molar-refractivity contribution in [1.82, 2.24) is 9.80 Å². The monoisotopic (exact) mass is 312 g/mol. The maximum atomic E-state index is 12.2. The molecule has 0 aliphatic carbocycles. The Labute approximate surface area is 135 Å². The molecule has 0 N–H and O–H groups in total. The molecular weight excluding hydrogens is 280 g/mol.